The van der Waals surface area contributed by atoms with Crippen LogP contribution in [0.2, 0.25) is 5.02 Å². The van der Waals surface area contributed by atoms with Gasteiger partial charge in [-0.3, -0.25) is 16.0 Å². The molecule has 1 heterocycles. The van der Waals surface area contributed by atoms with Gasteiger partial charge < -0.3 is 4.74 Å². The molecule has 0 aliphatic rings. The van der Waals surface area contributed by atoms with Crippen molar-refractivity contribution in [2.75, 3.05) is 7.11 Å². The van der Waals surface area contributed by atoms with Crippen LogP contribution in [-0.2, 0) is 18.2 Å². The molecule has 0 bridgehead atoms. The quantitative estimate of drug-likeness (QED) is 0.596. The van der Waals surface area contributed by atoms with E-state index in [2.05, 4.69) is 10.5 Å². The lowest BCUT2D eigenvalue weighted by atomic mass is 10.1. The van der Waals surface area contributed by atoms with E-state index in [1.54, 1.807) is 11.8 Å². The Kier molecular flexibility index (Phi) is 4.73. The van der Waals surface area contributed by atoms with Crippen molar-refractivity contribution in [3.8, 4) is 0 Å². The third-order valence-electron chi connectivity index (χ3n) is 2.83. The Morgan fingerprint density at radius 1 is 1.62 bits per heavy atom. The van der Waals surface area contributed by atoms with E-state index in [1.165, 1.54) is 0 Å². The van der Waals surface area contributed by atoms with Crippen LogP contribution in [-0.4, -0.2) is 29.0 Å². The number of nitrogens with two attached hydrogens (primary N) is 1. The van der Waals surface area contributed by atoms with Gasteiger partial charge in [-0.25, -0.2) is 0 Å². The van der Waals surface area contributed by atoms with E-state index >= 15 is 0 Å². The second kappa shape index (κ2) is 5.63. The molecule has 6 heteroatoms. The monoisotopic (exact) mass is 246 g/mol. The van der Waals surface area contributed by atoms with Crippen LogP contribution in [0.25, 0.3) is 0 Å². The maximum Gasteiger partial charge on any atom is 0.0847 e. The maximum absolute atomic E-state index is 6.17. The number of nitrogens with one attached hydrogen (secondary N) is 1. The van der Waals surface area contributed by atoms with Crippen molar-refractivity contribution >= 4 is 11.6 Å². The average Bonchev–Trinajstić information content (AvgIpc) is 2.50. The first kappa shape index (κ1) is 13.4. The van der Waals surface area contributed by atoms with Gasteiger partial charge in [-0.1, -0.05) is 11.6 Å². The molecular weight excluding hydrogens is 228 g/mol. The highest BCUT2D eigenvalue weighted by Gasteiger charge is 2.20. The van der Waals surface area contributed by atoms with Gasteiger partial charge >= 0.3 is 0 Å². The minimum absolute atomic E-state index is 0.0104. The van der Waals surface area contributed by atoms with E-state index in [1.807, 2.05) is 20.9 Å². The van der Waals surface area contributed by atoms with Gasteiger partial charge in [0.15, 0.2) is 0 Å². The summed E-state index contributed by atoms with van der Waals surface area (Å²) in [5.74, 6) is 5.50. The predicted octanol–water partition coefficient (Wildman–Crippen LogP) is 0.791. The van der Waals surface area contributed by atoms with Crippen molar-refractivity contribution in [3.05, 3.63) is 16.4 Å². The number of halogens is 1. The molecule has 0 saturated carbocycles. The molecular formula is C10H19ClN4O. The minimum atomic E-state index is 0.0104. The molecule has 0 amide bonds. The van der Waals surface area contributed by atoms with Crippen LogP contribution in [0.15, 0.2) is 0 Å². The topological polar surface area (TPSA) is 65.1 Å². The van der Waals surface area contributed by atoms with Crippen molar-refractivity contribution in [1.29, 1.82) is 0 Å². The molecule has 2 atom stereocenters. The smallest absolute Gasteiger partial charge is 0.0847 e. The van der Waals surface area contributed by atoms with E-state index in [0.29, 0.717) is 11.4 Å². The van der Waals surface area contributed by atoms with Gasteiger partial charge in [-0.05, 0) is 13.8 Å². The third-order valence-corrected chi connectivity index (χ3v) is 3.32. The number of aromatic nitrogens is 2. The molecule has 5 nitrogen and oxygen atoms in total. The first-order valence-electron chi connectivity index (χ1n) is 5.18. The largest absolute Gasteiger partial charge is 0.380 e. The van der Waals surface area contributed by atoms with Gasteiger partial charge in [0.05, 0.1) is 28.6 Å². The molecule has 0 aliphatic carbocycles. The molecule has 0 spiro atoms. The molecule has 92 valence electrons. The van der Waals surface area contributed by atoms with Crippen LogP contribution in [0.1, 0.15) is 18.3 Å². The number of ether oxygens (including phenoxy) is 1. The Balaban J connectivity index is 2.85. The fourth-order valence-electron chi connectivity index (χ4n) is 1.63. The van der Waals surface area contributed by atoms with Crippen LogP contribution < -0.4 is 11.3 Å². The Morgan fingerprint density at radius 3 is 2.62 bits per heavy atom. The second-order valence-corrected chi connectivity index (χ2v) is 4.27. The van der Waals surface area contributed by atoms with Crippen molar-refractivity contribution in [2.24, 2.45) is 12.9 Å². The van der Waals surface area contributed by atoms with Gasteiger partial charge in [0.25, 0.3) is 0 Å². The standard InChI is InChI=1S/C10H19ClN4O/c1-6-10(11)9(15(3)14-6)5-8(13-12)7(2)16-4/h7-8,13H,5,12H2,1-4H3. The molecule has 16 heavy (non-hydrogen) atoms. The molecule has 0 aliphatic heterocycles. The van der Waals surface area contributed by atoms with Crippen molar-refractivity contribution in [2.45, 2.75) is 32.4 Å². The number of hydrazine groups is 1. The fraction of sp³-hybridized carbons (Fsp3) is 0.700. The lowest BCUT2D eigenvalue weighted by molar-refractivity contribution is 0.0825. The molecule has 1 aromatic rings. The van der Waals surface area contributed by atoms with E-state index in [4.69, 9.17) is 22.2 Å². The summed E-state index contributed by atoms with van der Waals surface area (Å²) in [6.45, 7) is 3.85. The van der Waals surface area contributed by atoms with Gasteiger partial charge in [0.2, 0.25) is 0 Å². The minimum Gasteiger partial charge on any atom is -0.380 e. The number of methoxy groups -OCH3 is 1. The van der Waals surface area contributed by atoms with Crippen LogP contribution in [0.5, 0.6) is 0 Å². The summed E-state index contributed by atoms with van der Waals surface area (Å²) in [6, 6.07) is 0.0114. The van der Waals surface area contributed by atoms with E-state index in [9.17, 15) is 0 Å². The highest BCUT2D eigenvalue weighted by molar-refractivity contribution is 6.31. The predicted molar refractivity (Wildman–Crippen MR) is 64.2 cm³/mol. The van der Waals surface area contributed by atoms with Gasteiger partial charge in [0.1, 0.15) is 0 Å². The second-order valence-electron chi connectivity index (χ2n) is 3.89. The van der Waals surface area contributed by atoms with E-state index in [0.717, 1.165) is 11.4 Å². The van der Waals surface area contributed by atoms with Gasteiger partial charge in [0, 0.05) is 20.6 Å². The average molecular weight is 247 g/mol. The SMILES string of the molecule is COC(C)C(Cc1c(Cl)c(C)nn1C)NN. The summed E-state index contributed by atoms with van der Waals surface area (Å²) in [7, 11) is 3.53. The normalized spacial score (nSPS) is 15.1. The third kappa shape index (κ3) is 2.74. The first-order chi connectivity index (χ1) is 7.51. The maximum atomic E-state index is 6.17. The van der Waals surface area contributed by atoms with Crippen molar-refractivity contribution < 1.29 is 4.74 Å². The number of hydrogen-bond donors (Lipinski definition) is 2. The lowest BCUT2D eigenvalue weighted by Crippen LogP contribution is -2.45. The highest BCUT2D eigenvalue weighted by Crippen LogP contribution is 2.21. The summed E-state index contributed by atoms with van der Waals surface area (Å²) >= 11 is 6.17. The summed E-state index contributed by atoms with van der Waals surface area (Å²) in [4.78, 5) is 0. The van der Waals surface area contributed by atoms with E-state index in [-0.39, 0.29) is 12.1 Å². The van der Waals surface area contributed by atoms with E-state index < -0.39 is 0 Å². The molecule has 0 saturated heterocycles. The zero-order valence-corrected chi connectivity index (χ0v) is 10.9. The van der Waals surface area contributed by atoms with Crippen molar-refractivity contribution in [1.82, 2.24) is 15.2 Å². The number of hydrogen-bond acceptors (Lipinski definition) is 4. The van der Waals surface area contributed by atoms with Gasteiger partial charge in [-0.2, -0.15) is 5.10 Å². The van der Waals surface area contributed by atoms with Crippen LogP contribution in [0, 0.1) is 6.92 Å². The summed E-state index contributed by atoms with van der Waals surface area (Å²) < 4.78 is 7.03. The number of nitrogens with zero attached hydrogens (tertiary/aromatic N) is 2. The highest BCUT2D eigenvalue weighted by atomic mass is 35.5. The molecule has 3 N–H and O–H groups in total. The molecule has 0 radical (unpaired) electrons. The van der Waals surface area contributed by atoms with Crippen molar-refractivity contribution in [3.63, 3.8) is 0 Å². The first-order valence-corrected chi connectivity index (χ1v) is 5.56. The molecule has 0 aromatic carbocycles. The molecule has 1 rings (SSSR count). The summed E-state index contributed by atoms with van der Waals surface area (Å²) in [5.41, 5.74) is 4.54. The Labute approximate surface area is 101 Å². The van der Waals surface area contributed by atoms with Crippen LogP contribution >= 0.6 is 11.6 Å². The summed E-state index contributed by atoms with van der Waals surface area (Å²) in [6.07, 6.45) is 0.693. The zero-order valence-electron chi connectivity index (χ0n) is 10.1. The Bertz CT molecular complexity index is 353. The number of rotatable bonds is 5. The Hall–Kier alpha value is -0.620. The molecule has 2 unspecified atom stereocenters. The van der Waals surface area contributed by atoms with Gasteiger partial charge in [-0.15, -0.1) is 0 Å². The zero-order chi connectivity index (χ0) is 12.3. The molecule has 1 aromatic heterocycles. The number of aryl methyl sites for hydroxylation is 2. The van der Waals surface area contributed by atoms with Crippen LogP contribution in [0.4, 0.5) is 0 Å². The Morgan fingerprint density at radius 2 is 2.25 bits per heavy atom. The van der Waals surface area contributed by atoms with Crippen LogP contribution in [0.3, 0.4) is 0 Å². The molecule has 0 fully saturated rings. The lowest BCUT2D eigenvalue weighted by Gasteiger charge is -2.22. The fourth-order valence-corrected chi connectivity index (χ4v) is 1.87. The summed E-state index contributed by atoms with van der Waals surface area (Å²) in [5, 5.41) is 4.96.